The highest BCUT2D eigenvalue weighted by atomic mass is 16.5. The van der Waals surface area contributed by atoms with Gasteiger partial charge in [-0.3, -0.25) is 4.98 Å². The molecule has 4 nitrogen and oxygen atoms in total. The van der Waals surface area contributed by atoms with Crippen molar-refractivity contribution in [2.24, 2.45) is 11.8 Å². The maximum Gasteiger partial charge on any atom is 0.131 e. The van der Waals surface area contributed by atoms with E-state index in [1.54, 1.807) is 7.11 Å². The second-order valence-corrected chi connectivity index (χ2v) is 14.1. The van der Waals surface area contributed by atoms with Gasteiger partial charge in [0.2, 0.25) is 0 Å². The molecule has 4 heteroatoms. The first-order chi connectivity index (χ1) is 18.4. The monoisotopic (exact) mass is 527 g/mol. The molecule has 0 unspecified atom stereocenters. The minimum absolute atomic E-state index is 0.0469. The van der Waals surface area contributed by atoms with Crippen molar-refractivity contribution in [3.8, 4) is 5.75 Å². The van der Waals surface area contributed by atoms with E-state index in [0.29, 0.717) is 11.8 Å². The summed E-state index contributed by atoms with van der Waals surface area (Å²) in [6.07, 6.45) is 5.68. The largest absolute Gasteiger partial charge is 0.496 e. The Labute approximate surface area is 235 Å². The molecule has 3 aromatic rings. The van der Waals surface area contributed by atoms with Gasteiger partial charge >= 0.3 is 0 Å². The number of quaternary nitrogens is 1. The van der Waals surface area contributed by atoms with Crippen molar-refractivity contribution in [3.05, 3.63) is 83.6 Å². The number of hydrogen-bond donors (Lipinski definition) is 1. The lowest BCUT2D eigenvalue weighted by molar-refractivity contribution is -0.984. The van der Waals surface area contributed by atoms with E-state index in [1.807, 2.05) is 30.5 Å². The lowest BCUT2D eigenvalue weighted by Gasteiger charge is -2.58. The van der Waals surface area contributed by atoms with Crippen LogP contribution in [0.15, 0.2) is 61.3 Å². The van der Waals surface area contributed by atoms with Crippen LogP contribution in [0.25, 0.3) is 10.9 Å². The first kappa shape index (κ1) is 27.9. The fraction of sp³-hybridized carbons (Fsp3) is 0.514. The Kier molecular flexibility index (Phi) is 7.18. The van der Waals surface area contributed by atoms with E-state index >= 15 is 0 Å². The van der Waals surface area contributed by atoms with Gasteiger partial charge in [0.15, 0.2) is 0 Å². The fourth-order valence-electron chi connectivity index (χ4n) is 7.44. The summed E-state index contributed by atoms with van der Waals surface area (Å²) in [4.78, 5) is 4.57. The number of benzene rings is 2. The van der Waals surface area contributed by atoms with Gasteiger partial charge in [0, 0.05) is 47.0 Å². The number of rotatable bonds is 6. The van der Waals surface area contributed by atoms with Crippen molar-refractivity contribution in [1.82, 2.24) is 4.98 Å². The molecule has 0 spiro atoms. The standard InChI is InChI=1S/C35H47N2O2/c1-9-24-22-37(21-23-18-28(34(2,3)4)33(39-8)29(19-23)35(5,6)7)17-15-25(24)20-31(37)32(38)27-14-16-36-30-13-11-10-12-26(27)30/h9-14,16,18-19,24-25,31-32,38H,1,15,17,20-22H2,2-8H3/q+1/t24-,25+,31-,32+,37-/m0/s1. The highest BCUT2D eigenvalue weighted by Gasteiger charge is 2.54. The lowest BCUT2D eigenvalue weighted by Crippen LogP contribution is -2.67. The molecule has 0 aliphatic carbocycles. The molecular weight excluding hydrogens is 480 g/mol. The van der Waals surface area contributed by atoms with Crippen molar-refractivity contribution >= 4 is 10.9 Å². The minimum Gasteiger partial charge on any atom is -0.496 e. The molecule has 6 rings (SSSR count). The molecule has 2 bridgehead atoms. The van der Waals surface area contributed by atoms with Gasteiger partial charge in [-0.2, -0.15) is 0 Å². The summed E-state index contributed by atoms with van der Waals surface area (Å²) in [6.45, 7) is 20.9. The predicted molar refractivity (Wildman–Crippen MR) is 161 cm³/mol. The highest BCUT2D eigenvalue weighted by molar-refractivity contribution is 5.82. The quantitative estimate of drug-likeness (QED) is 0.267. The molecule has 3 aliphatic rings. The molecule has 208 valence electrons. The molecule has 5 atom stereocenters. The zero-order chi connectivity index (χ0) is 28.2. The number of aliphatic hydroxyl groups excluding tert-OH is 1. The van der Waals surface area contributed by atoms with Gasteiger partial charge in [-0.25, -0.2) is 0 Å². The summed E-state index contributed by atoms with van der Waals surface area (Å²) in [7, 11) is 1.80. The number of para-hydroxylation sites is 1. The van der Waals surface area contributed by atoms with E-state index in [9.17, 15) is 5.11 Å². The van der Waals surface area contributed by atoms with Gasteiger partial charge in [0.05, 0.1) is 25.7 Å². The maximum atomic E-state index is 12.1. The number of pyridine rings is 1. The Morgan fingerprint density at radius 2 is 1.74 bits per heavy atom. The van der Waals surface area contributed by atoms with E-state index in [2.05, 4.69) is 77.4 Å². The molecule has 39 heavy (non-hydrogen) atoms. The van der Waals surface area contributed by atoms with Crippen molar-refractivity contribution in [1.29, 1.82) is 0 Å². The third kappa shape index (κ3) is 5.02. The smallest absolute Gasteiger partial charge is 0.131 e. The van der Waals surface area contributed by atoms with Crippen LogP contribution in [0.5, 0.6) is 5.75 Å². The van der Waals surface area contributed by atoms with Crippen LogP contribution in [0.3, 0.4) is 0 Å². The summed E-state index contributed by atoms with van der Waals surface area (Å²) in [5.41, 5.74) is 5.71. The number of nitrogens with zero attached hydrogens (tertiary/aromatic N) is 2. The summed E-state index contributed by atoms with van der Waals surface area (Å²) < 4.78 is 6.96. The average Bonchev–Trinajstić information content (AvgIpc) is 2.90. The molecule has 3 fully saturated rings. The number of aromatic nitrogens is 1. The van der Waals surface area contributed by atoms with Crippen LogP contribution < -0.4 is 4.74 Å². The number of ether oxygens (including phenoxy) is 1. The molecule has 2 aromatic carbocycles. The van der Waals surface area contributed by atoms with Crippen LogP contribution in [0, 0.1) is 11.8 Å². The Balaban J connectivity index is 1.62. The molecule has 1 aromatic heterocycles. The second-order valence-electron chi connectivity index (χ2n) is 14.1. The summed E-state index contributed by atoms with van der Waals surface area (Å²) >= 11 is 0. The number of methoxy groups -OCH3 is 1. The van der Waals surface area contributed by atoms with Crippen LogP contribution in [0.2, 0.25) is 0 Å². The molecule has 1 N–H and O–H groups in total. The maximum absolute atomic E-state index is 12.1. The summed E-state index contributed by atoms with van der Waals surface area (Å²) in [5, 5.41) is 13.2. The predicted octanol–water partition coefficient (Wildman–Crippen LogP) is 7.48. The van der Waals surface area contributed by atoms with Gasteiger partial charge in [-0.1, -0.05) is 65.8 Å². The SMILES string of the molecule is C=C[C@H]1C[N@@+]2(Cc3cc(C(C)(C)C)c(OC)c(C(C)(C)C)c3)CC[C@@H]1C[C@H]2[C@H](O)c1ccnc2ccccc12. The van der Waals surface area contributed by atoms with Gasteiger partial charge in [0.1, 0.15) is 24.4 Å². The number of fused-ring (bicyclic) bond motifs is 4. The van der Waals surface area contributed by atoms with Crippen LogP contribution in [0.4, 0.5) is 0 Å². The zero-order valence-electron chi connectivity index (χ0n) is 25.0. The molecule has 3 aliphatic heterocycles. The van der Waals surface area contributed by atoms with E-state index in [1.165, 1.54) is 23.1 Å². The third-order valence-corrected chi connectivity index (χ3v) is 9.51. The molecular formula is C35H47N2O2+. The Morgan fingerprint density at radius 3 is 2.36 bits per heavy atom. The average molecular weight is 528 g/mol. The number of hydrogen-bond acceptors (Lipinski definition) is 3. The Hall–Kier alpha value is -2.69. The normalized spacial score (nSPS) is 26.0. The first-order valence-corrected chi connectivity index (χ1v) is 14.6. The third-order valence-electron chi connectivity index (χ3n) is 9.51. The number of piperidine rings is 3. The van der Waals surface area contributed by atoms with Crippen molar-refractivity contribution in [2.45, 2.75) is 83.9 Å². The van der Waals surface area contributed by atoms with Crippen LogP contribution in [-0.2, 0) is 17.4 Å². The van der Waals surface area contributed by atoms with Crippen molar-refractivity contribution in [3.63, 3.8) is 0 Å². The van der Waals surface area contributed by atoms with Gasteiger partial charge < -0.3 is 14.3 Å². The topological polar surface area (TPSA) is 42.4 Å². The Bertz CT molecular complexity index is 1320. The highest BCUT2D eigenvalue weighted by Crippen LogP contribution is 2.49. The fourth-order valence-corrected chi connectivity index (χ4v) is 7.44. The van der Waals surface area contributed by atoms with Crippen molar-refractivity contribution in [2.75, 3.05) is 20.2 Å². The van der Waals surface area contributed by atoms with Crippen LogP contribution >= 0.6 is 0 Å². The molecule has 0 saturated carbocycles. The van der Waals surface area contributed by atoms with E-state index < -0.39 is 6.10 Å². The van der Waals surface area contributed by atoms with E-state index in [-0.39, 0.29) is 16.9 Å². The zero-order valence-corrected chi connectivity index (χ0v) is 25.0. The van der Waals surface area contributed by atoms with Gasteiger partial charge in [-0.05, 0) is 46.6 Å². The Morgan fingerprint density at radius 1 is 1.08 bits per heavy atom. The molecule has 0 radical (unpaired) electrons. The minimum atomic E-state index is -0.547. The van der Waals surface area contributed by atoms with Crippen LogP contribution in [0.1, 0.15) is 82.7 Å². The summed E-state index contributed by atoms with van der Waals surface area (Å²) in [6, 6.07) is 15.1. The lowest BCUT2D eigenvalue weighted by atomic mass is 9.70. The van der Waals surface area contributed by atoms with Crippen molar-refractivity contribution < 1.29 is 14.3 Å². The molecule has 0 amide bonds. The first-order valence-electron chi connectivity index (χ1n) is 14.6. The summed E-state index contributed by atoms with van der Waals surface area (Å²) in [5.74, 6) is 2.08. The number of aliphatic hydroxyl groups is 1. The van der Waals surface area contributed by atoms with E-state index in [4.69, 9.17) is 4.74 Å². The van der Waals surface area contributed by atoms with Crippen LogP contribution in [-0.4, -0.2) is 40.8 Å². The molecule has 3 saturated heterocycles. The van der Waals surface area contributed by atoms with Gasteiger partial charge in [0.25, 0.3) is 0 Å². The second kappa shape index (κ2) is 10.1. The van der Waals surface area contributed by atoms with Gasteiger partial charge in [-0.15, -0.1) is 6.58 Å². The molecule has 4 heterocycles. The van der Waals surface area contributed by atoms with E-state index in [0.717, 1.165) is 52.8 Å².